The number of nitrogens with one attached hydrogen (secondary N) is 1. The molecule has 0 unspecified atom stereocenters. The SMILES string of the molecule is COc1ccccc1/C=C1\SC(=O)N(CC(=O)Nc2ccccc2)C1=O. The van der Waals surface area contributed by atoms with E-state index < -0.39 is 17.1 Å². The third kappa shape index (κ3) is 3.94. The molecule has 26 heavy (non-hydrogen) atoms. The second-order valence-electron chi connectivity index (χ2n) is 5.42. The Morgan fingerprint density at radius 3 is 2.54 bits per heavy atom. The van der Waals surface area contributed by atoms with E-state index >= 15 is 0 Å². The van der Waals surface area contributed by atoms with Crippen molar-refractivity contribution in [1.29, 1.82) is 0 Å². The van der Waals surface area contributed by atoms with Crippen LogP contribution in [0.1, 0.15) is 5.56 Å². The zero-order chi connectivity index (χ0) is 18.5. The van der Waals surface area contributed by atoms with Crippen LogP contribution in [-0.4, -0.2) is 35.6 Å². The van der Waals surface area contributed by atoms with Crippen molar-refractivity contribution < 1.29 is 19.1 Å². The summed E-state index contributed by atoms with van der Waals surface area (Å²) in [4.78, 5) is 38.0. The molecule has 0 atom stereocenters. The van der Waals surface area contributed by atoms with Gasteiger partial charge in [-0.3, -0.25) is 19.3 Å². The average Bonchev–Trinajstić information content (AvgIpc) is 2.90. The number of thioether (sulfide) groups is 1. The number of rotatable bonds is 5. The van der Waals surface area contributed by atoms with Gasteiger partial charge in [-0.1, -0.05) is 36.4 Å². The molecule has 0 bridgehead atoms. The fourth-order valence-electron chi connectivity index (χ4n) is 2.43. The molecule has 1 aliphatic rings. The van der Waals surface area contributed by atoms with Crippen LogP contribution in [0, 0.1) is 0 Å². The molecule has 3 amide bonds. The van der Waals surface area contributed by atoms with Gasteiger partial charge >= 0.3 is 0 Å². The fraction of sp³-hybridized carbons (Fsp3) is 0.105. The summed E-state index contributed by atoms with van der Waals surface area (Å²) in [5.41, 5.74) is 1.29. The van der Waals surface area contributed by atoms with E-state index in [1.54, 1.807) is 42.5 Å². The van der Waals surface area contributed by atoms with Gasteiger partial charge in [0.05, 0.1) is 12.0 Å². The lowest BCUT2D eigenvalue weighted by Crippen LogP contribution is -2.36. The molecule has 1 aliphatic heterocycles. The Kier molecular flexibility index (Phi) is 5.38. The number of nitrogens with zero attached hydrogens (tertiary/aromatic N) is 1. The van der Waals surface area contributed by atoms with Crippen LogP contribution in [0.15, 0.2) is 59.5 Å². The van der Waals surface area contributed by atoms with Gasteiger partial charge in [-0.05, 0) is 36.0 Å². The quantitative estimate of drug-likeness (QED) is 0.819. The summed E-state index contributed by atoms with van der Waals surface area (Å²) in [5, 5.41) is 2.19. The standard InChI is InChI=1S/C19H16N2O4S/c1-25-15-10-6-5-7-13(15)11-16-18(23)21(19(24)26-16)12-17(22)20-14-8-3-2-4-9-14/h2-11H,12H2,1H3,(H,20,22)/b16-11-. The van der Waals surface area contributed by atoms with Crippen molar-refractivity contribution in [3.05, 3.63) is 65.1 Å². The van der Waals surface area contributed by atoms with Crippen molar-refractivity contribution in [2.24, 2.45) is 0 Å². The van der Waals surface area contributed by atoms with Gasteiger partial charge in [0.2, 0.25) is 5.91 Å². The molecule has 0 spiro atoms. The molecule has 2 aromatic rings. The molecule has 132 valence electrons. The Morgan fingerprint density at radius 2 is 1.81 bits per heavy atom. The number of para-hydroxylation sites is 2. The van der Waals surface area contributed by atoms with E-state index in [-0.39, 0.29) is 11.4 Å². The first-order chi connectivity index (χ1) is 12.6. The van der Waals surface area contributed by atoms with E-state index in [4.69, 9.17) is 4.74 Å². The van der Waals surface area contributed by atoms with Crippen molar-refractivity contribution in [1.82, 2.24) is 4.90 Å². The van der Waals surface area contributed by atoms with E-state index in [2.05, 4.69) is 5.32 Å². The Morgan fingerprint density at radius 1 is 1.12 bits per heavy atom. The second-order valence-corrected chi connectivity index (χ2v) is 6.42. The van der Waals surface area contributed by atoms with E-state index in [1.165, 1.54) is 7.11 Å². The molecular formula is C19H16N2O4S. The highest BCUT2D eigenvalue weighted by Gasteiger charge is 2.36. The van der Waals surface area contributed by atoms with Crippen LogP contribution >= 0.6 is 11.8 Å². The van der Waals surface area contributed by atoms with Crippen LogP contribution in [0.5, 0.6) is 5.75 Å². The number of carbonyl (C=O) groups is 3. The van der Waals surface area contributed by atoms with Crippen LogP contribution in [0.3, 0.4) is 0 Å². The molecule has 0 aliphatic carbocycles. The number of carbonyl (C=O) groups excluding carboxylic acids is 3. The molecule has 2 aromatic carbocycles. The zero-order valence-corrected chi connectivity index (χ0v) is 14.8. The summed E-state index contributed by atoms with van der Waals surface area (Å²) in [6.07, 6.45) is 1.60. The van der Waals surface area contributed by atoms with Crippen LogP contribution in [-0.2, 0) is 9.59 Å². The Labute approximate surface area is 154 Å². The summed E-state index contributed by atoms with van der Waals surface area (Å²) in [6, 6.07) is 16.0. The monoisotopic (exact) mass is 368 g/mol. The van der Waals surface area contributed by atoms with Gasteiger partial charge in [0.15, 0.2) is 0 Å². The predicted octanol–water partition coefficient (Wildman–Crippen LogP) is 3.37. The highest BCUT2D eigenvalue weighted by atomic mass is 32.2. The maximum Gasteiger partial charge on any atom is 0.294 e. The third-order valence-corrected chi connectivity index (χ3v) is 4.57. The molecule has 0 saturated carbocycles. The number of anilines is 1. The fourth-order valence-corrected chi connectivity index (χ4v) is 3.26. The maximum atomic E-state index is 12.5. The lowest BCUT2D eigenvalue weighted by Gasteiger charge is -2.12. The van der Waals surface area contributed by atoms with Crippen molar-refractivity contribution in [2.45, 2.75) is 0 Å². The Bertz CT molecular complexity index is 880. The summed E-state index contributed by atoms with van der Waals surface area (Å²) >= 11 is 0.807. The smallest absolute Gasteiger partial charge is 0.294 e. The molecular weight excluding hydrogens is 352 g/mol. The van der Waals surface area contributed by atoms with Crippen molar-refractivity contribution in [2.75, 3.05) is 19.0 Å². The number of imide groups is 1. The molecule has 0 radical (unpaired) electrons. The normalized spacial score (nSPS) is 15.4. The largest absolute Gasteiger partial charge is 0.496 e. The first-order valence-corrected chi connectivity index (χ1v) is 8.63. The lowest BCUT2D eigenvalue weighted by atomic mass is 10.2. The number of hydrogen-bond acceptors (Lipinski definition) is 5. The van der Waals surface area contributed by atoms with Crippen LogP contribution < -0.4 is 10.1 Å². The zero-order valence-electron chi connectivity index (χ0n) is 14.0. The molecule has 1 heterocycles. The number of amides is 3. The third-order valence-electron chi connectivity index (χ3n) is 3.66. The Hall–Kier alpha value is -3.06. The number of ether oxygens (including phenoxy) is 1. The van der Waals surface area contributed by atoms with Gasteiger partial charge < -0.3 is 10.1 Å². The van der Waals surface area contributed by atoms with Crippen LogP contribution in [0.4, 0.5) is 10.5 Å². The summed E-state index contributed by atoms with van der Waals surface area (Å²) in [7, 11) is 1.53. The number of methoxy groups -OCH3 is 1. The number of hydrogen-bond donors (Lipinski definition) is 1. The van der Waals surface area contributed by atoms with Gasteiger partial charge in [-0.15, -0.1) is 0 Å². The molecule has 1 N–H and O–H groups in total. The number of benzene rings is 2. The van der Waals surface area contributed by atoms with Gasteiger partial charge in [-0.2, -0.15) is 0 Å². The van der Waals surface area contributed by atoms with E-state index in [0.717, 1.165) is 16.7 Å². The molecule has 3 rings (SSSR count). The average molecular weight is 368 g/mol. The molecule has 1 fully saturated rings. The summed E-state index contributed by atoms with van der Waals surface area (Å²) < 4.78 is 5.25. The minimum Gasteiger partial charge on any atom is -0.496 e. The molecule has 7 heteroatoms. The van der Waals surface area contributed by atoms with Crippen molar-refractivity contribution >= 4 is 40.6 Å². The Balaban J connectivity index is 1.72. The first kappa shape index (κ1) is 17.8. The van der Waals surface area contributed by atoms with Gasteiger partial charge in [0, 0.05) is 11.3 Å². The molecule has 0 aromatic heterocycles. The maximum absolute atomic E-state index is 12.5. The highest BCUT2D eigenvalue weighted by Crippen LogP contribution is 2.33. The summed E-state index contributed by atoms with van der Waals surface area (Å²) in [5.74, 6) is -0.327. The van der Waals surface area contributed by atoms with Gasteiger partial charge in [0.25, 0.3) is 11.1 Å². The van der Waals surface area contributed by atoms with Crippen LogP contribution in [0.2, 0.25) is 0 Å². The van der Waals surface area contributed by atoms with Crippen molar-refractivity contribution in [3.8, 4) is 5.75 Å². The van der Waals surface area contributed by atoms with E-state index in [0.29, 0.717) is 17.0 Å². The molecule has 6 nitrogen and oxygen atoms in total. The highest BCUT2D eigenvalue weighted by molar-refractivity contribution is 8.18. The van der Waals surface area contributed by atoms with E-state index in [1.807, 2.05) is 18.2 Å². The van der Waals surface area contributed by atoms with Crippen molar-refractivity contribution in [3.63, 3.8) is 0 Å². The first-order valence-electron chi connectivity index (χ1n) is 7.82. The molecule has 1 saturated heterocycles. The second kappa shape index (κ2) is 7.88. The minimum atomic E-state index is -0.492. The topological polar surface area (TPSA) is 75.7 Å². The van der Waals surface area contributed by atoms with Crippen LogP contribution in [0.25, 0.3) is 6.08 Å². The lowest BCUT2D eigenvalue weighted by molar-refractivity contribution is -0.127. The van der Waals surface area contributed by atoms with Gasteiger partial charge in [0.1, 0.15) is 12.3 Å². The van der Waals surface area contributed by atoms with Gasteiger partial charge in [-0.25, -0.2) is 0 Å². The van der Waals surface area contributed by atoms with E-state index in [9.17, 15) is 14.4 Å². The minimum absolute atomic E-state index is 0.256. The predicted molar refractivity (Wildman–Crippen MR) is 101 cm³/mol. The summed E-state index contributed by atoms with van der Waals surface area (Å²) in [6.45, 7) is -0.331.